The molecule has 0 unspecified atom stereocenters. The van der Waals surface area contributed by atoms with Crippen LogP contribution < -0.4 is 5.73 Å². The minimum Gasteiger partial charge on any atom is -0.380 e. The van der Waals surface area contributed by atoms with Crippen LogP contribution in [0, 0.1) is 22.9 Å². The molecule has 0 saturated carbocycles. The van der Waals surface area contributed by atoms with E-state index in [0.29, 0.717) is 11.1 Å². The Morgan fingerprint density at radius 1 is 1.22 bits per heavy atom. The smallest absolute Gasteiger partial charge is 0.366 e. The first kappa shape index (κ1) is 16.1. The number of carbonyl (C=O) groups is 1. The molecule has 0 aliphatic carbocycles. The van der Waals surface area contributed by atoms with Crippen molar-refractivity contribution < 1.29 is 18.9 Å². The minimum absolute atomic E-state index is 0.0297. The van der Waals surface area contributed by atoms with Crippen LogP contribution in [-0.2, 0) is 4.84 Å². The zero-order chi connectivity index (χ0) is 17.0. The number of amidine groups is 1. The van der Waals surface area contributed by atoms with Crippen LogP contribution in [-0.4, -0.2) is 16.7 Å². The third-order valence-corrected chi connectivity index (χ3v) is 3.01. The number of hydrogen-bond donors (Lipinski definition) is 1. The van der Waals surface area contributed by atoms with E-state index in [-0.39, 0.29) is 17.1 Å². The minimum atomic E-state index is -0.891. The number of halogens is 1. The van der Waals surface area contributed by atoms with Gasteiger partial charge in [0.05, 0.1) is 10.5 Å². The summed E-state index contributed by atoms with van der Waals surface area (Å²) in [6, 6.07) is 9.03. The number of hydrogen-bond acceptors (Lipinski definition) is 5. The maximum absolute atomic E-state index is 12.8. The van der Waals surface area contributed by atoms with E-state index in [2.05, 4.69) is 9.99 Å². The van der Waals surface area contributed by atoms with Crippen molar-refractivity contribution in [3.05, 3.63) is 75.1 Å². The monoisotopic (exact) mass is 317 g/mol. The van der Waals surface area contributed by atoms with Gasteiger partial charge in [0.1, 0.15) is 5.82 Å². The predicted molar refractivity (Wildman–Crippen MR) is 80.4 cm³/mol. The molecule has 0 heterocycles. The topological polar surface area (TPSA) is 108 Å². The Hall–Kier alpha value is -3.29. The van der Waals surface area contributed by atoms with Gasteiger partial charge in [-0.05, 0) is 37.3 Å². The van der Waals surface area contributed by atoms with Crippen LogP contribution in [0.1, 0.15) is 21.5 Å². The van der Waals surface area contributed by atoms with Crippen LogP contribution in [0.4, 0.5) is 10.1 Å². The second-order valence-electron chi connectivity index (χ2n) is 4.62. The number of oxime groups is 1. The first-order valence-corrected chi connectivity index (χ1v) is 6.44. The van der Waals surface area contributed by atoms with E-state index in [1.165, 1.54) is 36.4 Å². The summed E-state index contributed by atoms with van der Waals surface area (Å²) in [5, 5.41) is 14.3. The quantitative estimate of drug-likeness (QED) is 0.306. The highest BCUT2D eigenvalue weighted by atomic mass is 19.1. The SMILES string of the molecule is Cc1ccc(C(=O)O/N=C(\N)c2ccc(F)cc2)cc1[N+](=O)[O-]. The molecule has 0 atom stereocenters. The van der Waals surface area contributed by atoms with Gasteiger partial charge >= 0.3 is 5.97 Å². The third-order valence-electron chi connectivity index (χ3n) is 3.01. The summed E-state index contributed by atoms with van der Waals surface area (Å²) in [6.45, 7) is 1.55. The number of nitrogens with two attached hydrogens (primary N) is 1. The van der Waals surface area contributed by atoms with Gasteiger partial charge in [-0.2, -0.15) is 0 Å². The number of carbonyl (C=O) groups excluding carboxylic acids is 1. The van der Waals surface area contributed by atoms with E-state index in [9.17, 15) is 19.3 Å². The van der Waals surface area contributed by atoms with E-state index in [1.54, 1.807) is 6.92 Å². The fourth-order valence-corrected chi connectivity index (χ4v) is 1.75. The van der Waals surface area contributed by atoms with Gasteiger partial charge in [-0.1, -0.05) is 11.2 Å². The predicted octanol–water partition coefficient (Wildman–Crippen LogP) is 2.52. The normalized spacial score (nSPS) is 11.1. The number of nitro groups is 1. The van der Waals surface area contributed by atoms with Gasteiger partial charge in [0.15, 0.2) is 5.84 Å². The number of rotatable bonds is 4. The molecule has 2 aromatic rings. The summed E-state index contributed by atoms with van der Waals surface area (Å²) in [5.74, 6) is -1.45. The Bertz CT molecular complexity index is 788. The molecular formula is C15H12FN3O4. The van der Waals surface area contributed by atoms with E-state index >= 15 is 0 Å². The molecule has 0 aliphatic heterocycles. The Morgan fingerprint density at radius 2 is 1.83 bits per heavy atom. The first-order chi connectivity index (χ1) is 10.9. The van der Waals surface area contributed by atoms with Gasteiger partial charge in [-0.15, -0.1) is 0 Å². The average molecular weight is 317 g/mol. The van der Waals surface area contributed by atoms with Gasteiger partial charge in [0.25, 0.3) is 5.69 Å². The van der Waals surface area contributed by atoms with Gasteiger partial charge < -0.3 is 10.6 Å². The van der Waals surface area contributed by atoms with Crippen molar-refractivity contribution in [2.75, 3.05) is 0 Å². The standard InChI is InChI=1S/C15H12FN3O4/c1-9-2-3-11(8-13(9)19(21)22)15(20)23-18-14(17)10-4-6-12(16)7-5-10/h2-8H,1H3,(H2,17,18). The maximum Gasteiger partial charge on any atom is 0.366 e. The van der Waals surface area contributed by atoms with Gasteiger partial charge in [0, 0.05) is 17.2 Å². The molecule has 2 rings (SSSR count). The number of nitro benzene ring substituents is 1. The van der Waals surface area contributed by atoms with Crippen LogP contribution in [0.2, 0.25) is 0 Å². The fourth-order valence-electron chi connectivity index (χ4n) is 1.75. The molecule has 2 N–H and O–H groups in total. The van der Waals surface area contributed by atoms with Crippen LogP contribution in [0.5, 0.6) is 0 Å². The second kappa shape index (κ2) is 6.65. The Labute approximate surface area is 130 Å². The first-order valence-electron chi connectivity index (χ1n) is 6.44. The highest BCUT2D eigenvalue weighted by Crippen LogP contribution is 2.19. The Balaban J connectivity index is 2.16. The lowest BCUT2D eigenvalue weighted by atomic mass is 10.1. The lowest BCUT2D eigenvalue weighted by molar-refractivity contribution is -0.385. The van der Waals surface area contributed by atoms with Crippen LogP contribution in [0.25, 0.3) is 0 Å². The summed E-state index contributed by atoms with van der Waals surface area (Å²) in [4.78, 5) is 26.8. The van der Waals surface area contributed by atoms with Crippen molar-refractivity contribution in [1.29, 1.82) is 0 Å². The zero-order valence-corrected chi connectivity index (χ0v) is 12.0. The second-order valence-corrected chi connectivity index (χ2v) is 4.62. The summed E-state index contributed by atoms with van der Waals surface area (Å²) in [5.41, 5.74) is 6.17. The lowest BCUT2D eigenvalue weighted by Crippen LogP contribution is -2.15. The highest BCUT2D eigenvalue weighted by Gasteiger charge is 2.16. The largest absolute Gasteiger partial charge is 0.380 e. The van der Waals surface area contributed by atoms with Crippen molar-refractivity contribution in [3.8, 4) is 0 Å². The van der Waals surface area contributed by atoms with Crippen molar-refractivity contribution >= 4 is 17.5 Å². The molecule has 7 nitrogen and oxygen atoms in total. The molecule has 0 bridgehead atoms. The highest BCUT2D eigenvalue weighted by molar-refractivity contribution is 5.98. The van der Waals surface area contributed by atoms with Crippen molar-refractivity contribution in [2.45, 2.75) is 6.92 Å². The average Bonchev–Trinajstić information content (AvgIpc) is 2.53. The van der Waals surface area contributed by atoms with Gasteiger partial charge in [-0.3, -0.25) is 10.1 Å². The fraction of sp³-hybridized carbons (Fsp3) is 0.0667. The molecule has 0 spiro atoms. The van der Waals surface area contributed by atoms with Crippen molar-refractivity contribution in [2.24, 2.45) is 10.9 Å². The van der Waals surface area contributed by atoms with Crippen molar-refractivity contribution in [3.63, 3.8) is 0 Å². The molecule has 118 valence electrons. The van der Waals surface area contributed by atoms with E-state index in [4.69, 9.17) is 5.73 Å². The lowest BCUT2D eigenvalue weighted by Gasteiger charge is -2.02. The molecule has 2 aromatic carbocycles. The molecule has 0 fully saturated rings. The molecule has 0 aromatic heterocycles. The molecule has 8 heteroatoms. The van der Waals surface area contributed by atoms with Gasteiger partial charge in [-0.25, -0.2) is 9.18 Å². The van der Waals surface area contributed by atoms with E-state index in [1.807, 2.05) is 0 Å². The molecule has 0 aliphatic rings. The zero-order valence-electron chi connectivity index (χ0n) is 12.0. The van der Waals surface area contributed by atoms with Crippen molar-refractivity contribution in [1.82, 2.24) is 0 Å². The van der Waals surface area contributed by atoms with Gasteiger partial charge in [0.2, 0.25) is 0 Å². The van der Waals surface area contributed by atoms with E-state index in [0.717, 1.165) is 6.07 Å². The molecule has 0 saturated heterocycles. The van der Waals surface area contributed by atoms with E-state index < -0.39 is 16.7 Å². The summed E-state index contributed by atoms with van der Waals surface area (Å²) >= 11 is 0. The number of nitrogens with zero attached hydrogens (tertiary/aromatic N) is 2. The number of benzene rings is 2. The molecule has 23 heavy (non-hydrogen) atoms. The number of aryl methyl sites for hydroxylation is 1. The third kappa shape index (κ3) is 3.88. The molecule has 0 amide bonds. The Kier molecular flexibility index (Phi) is 4.65. The molecular weight excluding hydrogens is 305 g/mol. The van der Waals surface area contributed by atoms with Crippen LogP contribution in [0.3, 0.4) is 0 Å². The van der Waals surface area contributed by atoms with Crippen LogP contribution >= 0.6 is 0 Å². The molecule has 0 radical (unpaired) electrons. The summed E-state index contributed by atoms with van der Waals surface area (Å²) in [7, 11) is 0. The summed E-state index contributed by atoms with van der Waals surface area (Å²) in [6.07, 6.45) is 0. The summed E-state index contributed by atoms with van der Waals surface area (Å²) < 4.78 is 12.8. The Morgan fingerprint density at radius 3 is 2.43 bits per heavy atom. The maximum atomic E-state index is 12.8. The van der Waals surface area contributed by atoms with Crippen LogP contribution in [0.15, 0.2) is 47.6 Å².